The lowest BCUT2D eigenvalue weighted by atomic mass is 10.2. The van der Waals surface area contributed by atoms with E-state index in [2.05, 4.69) is 10.6 Å². The smallest absolute Gasteiger partial charge is 0.250 e. The summed E-state index contributed by atoms with van der Waals surface area (Å²) < 4.78 is 0. The zero-order chi connectivity index (χ0) is 13.5. The van der Waals surface area contributed by atoms with Crippen molar-refractivity contribution in [1.29, 1.82) is 0 Å². The number of rotatable bonds is 3. The Morgan fingerprint density at radius 3 is 2.67 bits per heavy atom. The van der Waals surface area contributed by atoms with E-state index in [1.807, 2.05) is 32.0 Å². The van der Waals surface area contributed by atoms with E-state index in [1.54, 1.807) is 12.1 Å². The third-order valence-corrected chi connectivity index (χ3v) is 2.54. The second kappa shape index (κ2) is 7.13. The molecule has 0 unspecified atom stereocenters. The van der Waals surface area contributed by atoms with Crippen LogP contribution in [0.25, 0.3) is 6.08 Å². The van der Waals surface area contributed by atoms with Crippen molar-refractivity contribution in [3.8, 4) is 0 Å². The van der Waals surface area contributed by atoms with Crippen molar-refractivity contribution in [1.82, 2.24) is 10.6 Å². The molecule has 5 heteroatoms. The molecule has 1 aromatic rings. The molecule has 0 aliphatic rings. The van der Waals surface area contributed by atoms with Gasteiger partial charge in [0.1, 0.15) is 0 Å². The maximum atomic E-state index is 11.6. The molecule has 18 heavy (non-hydrogen) atoms. The second-order valence-corrected chi connectivity index (χ2v) is 4.79. The molecule has 0 saturated carbocycles. The van der Waals surface area contributed by atoms with Gasteiger partial charge in [0.2, 0.25) is 5.91 Å². The van der Waals surface area contributed by atoms with E-state index in [9.17, 15) is 4.79 Å². The Bertz CT molecular complexity index is 472. The molecular formula is C13H15ClN2OS. The first-order valence-corrected chi connectivity index (χ1v) is 6.31. The zero-order valence-corrected chi connectivity index (χ0v) is 11.8. The molecule has 1 aromatic carbocycles. The van der Waals surface area contributed by atoms with Crippen LogP contribution in [0, 0.1) is 0 Å². The van der Waals surface area contributed by atoms with Crippen LogP contribution in [-0.4, -0.2) is 17.1 Å². The highest BCUT2D eigenvalue weighted by atomic mass is 35.5. The number of thiocarbonyl (C=S) groups is 1. The van der Waals surface area contributed by atoms with Crippen molar-refractivity contribution in [3.63, 3.8) is 0 Å². The Labute approximate surface area is 117 Å². The molecule has 0 fully saturated rings. The van der Waals surface area contributed by atoms with Crippen molar-refractivity contribution in [2.45, 2.75) is 19.9 Å². The zero-order valence-electron chi connectivity index (χ0n) is 10.2. The number of carbonyl (C=O) groups excluding carboxylic acids is 1. The fraction of sp³-hybridized carbons (Fsp3) is 0.231. The van der Waals surface area contributed by atoms with Crippen LogP contribution in [0.4, 0.5) is 0 Å². The van der Waals surface area contributed by atoms with Gasteiger partial charge in [-0.25, -0.2) is 0 Å². The van der Waals surface area contributed by atoms with Gasteiger partial charge in [0.25, 0.3) is 0 Å². The van der Waals surface area contributed by atoms with Gasteiger partial charge in [-0.1, -0.05) is 29.8 Å². The van der Waals surface area contributed by atoms with Gasteiger partial charge in [0.05, 0.1) is 0 Å². The fourth-order valence-electron chi connectivity index (χ4n) is 1.23. The number of amides is 1. The molecule has 1 rings (SSSR count). The topological polar surface area (TPSA) is 41.1 Å². The van der Waals surface area contributed by atoms with E-state index in [4.69, 9.17) is 23.8 Å². The molecule has 0 atom stereocenters. The Kier molecular flexibility index (Phi) is 5.82. The molecule has 2 N–H and O–H groups in total. The maximum Gasteiger partial charge on any atom is 0.250 e. The summed E-state index contributed by atoms with van der Waals surface area (Å²) in [4.78, 5) is 11.6. The van der Waals surface area contributed by atoms with Crippen LogP contribution in [-0.2, 0) is 4.79 Å². The fourth-order valence-corrected chi connectivity index (χ4v) is 1.76. The number of halogens is 1. The standard InChI is InChI=1S/C13H15ClN2OS/c1-9(2)15-13(18)16-12(17)8-7-10-5-3-4-6-11(10)14/h3-9H,1-2H3,(H2,15,16,17,18). The van der Waals surface area contributed by atoms with Gasteiger partial charge in [0, 0.05) is 17.1 Å². The summed E-state index contributed by atoms with van der Waals surface area (Å²) in [5, 5.41) is 6.39. The molecule has 3 nitrogen and oxygen atoms in total. The van der Waals surface area contributed by atoms with Crippen LogP contribution in [0.5, 0.6) is 0 Å². The van der Waals surface area contributed by atoms with Crippen molar-refractivity contribution in [2.24, 2.45) is 0 Å². The van der Waals surface area contributed by atoms with E-state index in [0.29, 0.717) is 10.1 Å². The minimum atomic E-state index is -0.284. The second-order valence-electron chi connectivity index (χ2n) is 3.97. The molecule has 0 radical (unpaired) electrons. The highest BCUT2D eigenvalue weighted by molar-refractivity contribution is 7.80. The molecule has 1 amide bonds. The van der Waals surface area contributed by atoms with Crippen LogP contribution >= 0.6 is 23.8 Å². The van der Waals surface area contributed by atoms with Crippen molar-refractivity contribution >= 4 is 40.9 Å². The Morgan fingerprint density at radius 1 is 1.39 bits per heavy atom. The Hall–Kier alpha value is -1.39. The average Bonchev–Trinajstić information content (AvgIpc) is 2.26. The summed E-state index contributed by atoms with van der Waals surface area (Å²) in [6.45, 7) is 3.88. The largest absolute Gasteiger partial charge is 0.360 e. The molecule has 0 heterocycles. The highest BCUT2D eigenvalue weighted by Crippen LogP contribution is 2.15. The molecule has 0 bridgehead atoms. The monoisotopic (exact) mass is 282 g/mol. The number of hydrogen-bond acceptors (Lipinski definition) is 2. The van der Waals surface area contributed by atoms with Gasteiger partial charge in [-0.05, 0) is 43.8 Å². The number of carbonyl (C=O) groups is 1. The van der Waals surface area contributed by atoms with Crippen LogP contribution in [0.15, 0.2) is 30.3 Å². The van der Waals surface area contributed by atoms with Crippen LogP contribution in [0.1, 0.15) is 19.4 Å². The molecule has 96 valence electrons. The highest BCUT2D eigenvalue weighted by Gasteiger charge is 2.02. The first-order chi connectivity index (χ1) is 8.49. The van der Waals surface area contributed by atoms with Crippen molar-refractivity contribution in [3.05, 3.63) is 40.9 Å². The lowest BCUT2D eigenvalue weighted by molar-refractivity contribution is -0.115. The van der Waals surface area contributed by atoms with Gasteiger partial charge in [-0.2, -0.15) is 0 Å². The van der Waals surface area contributed by atoms with E-state index in [-0.39, 0.29) is 11.9 Å². The number of hydrogen-bond donors (Lipinski definition) is 2. The van der Waals surface area contributed by atoms with Crippen LogP contribution in [0.2, 0.25) is 5.02 Å². The number of benzene rings is 1. The van der Waals surface area contributed by atoms with Gasteiger partial charge in [0.15, 0.2) is 5.11 Å². The van der Waals surface area contributed by atoms with Gasteiger partial charge in [-0.3, -0.25) is 10.1 Å². The lowest BCUT2D eigenvalue weighted by Gasteiger charge is -2.10. The Morgan fingerprint density at radius 2 is 2.06 bits per heavy atom. The van der Waals surface area contributed by atoms with E-state index < -0.39 is 0 Å². The molecule has 0 spiro atoms. The number of nitrogens with one attached hydrogen (secondary N) is 2. The summed E-state index contributed by atoms with van der Waals surface area (Å²) in [6, 6.07) is 7.47. The van der Waals surface area contributed by atoms with E-state index >= 15 is 0 Å². The third-order valence-electron chi connectivity index (χ3n) is 1.98. The van der Waals surface area contributed by atoms with Crippen LogP contribution < -0.4 is 10.6 Å². The molecule has 0 aromatic heterocycles. The third kappa shape index (κ3) is 5.29. The van der Waals surface area contributed by atoms with Crippen molar-refractivity contribution < 1.29 is 4.79 Å². The minimum absolute atomic E-state index is 0.186. The predicted octanol–water partition coefficient (Wildman–Crippen LogP) is 2.75. The maximum absolute atomic E-state index is 11.6. The average molecular weight is 283 g/mol. The first-order valence-electron chi connectivity index (χ1n) is 5.53. The van der Waals surface area contributed by atoms with Gasteiger partial charge in [-0.15, -0.1) is 0 Å². The summed E-state index contributed by atoms with van der Waals surface area (Å²) in [6.07, 6.45) is 3.05. The molecule has 0 saturated heterocycles. The van der Waals surface area contributed by atoms with Crippen molar-refractivity contribution in [2.75, 3.05) is 0 Å². The summed E-state index contributed by atoms with van der Waals surface area (Å²) in [5.74, 6) is -0.284. The van der Waals surface area contributed by atoms with Crippen LogP contribution in [0.3, 0.4) is 0 Å². The van der Waals surface area contributed by atoms with E-state index in [0.717, 1.165) is 5.56 Å². The van der Waals surface area contributed by atoms with E-state index in [1.165, 1.54) is 6.08 Å². The summed E-state index contributed by atoms with van der Waals surface area (Å²) in [5.41, 5.74) is 0.789. The summed E-state index contributed by atoms with van der Waals surface area (Å²) in [7, 11) is 0. The Balaban J connectivity index is 2.55. The molecule has 0 aliphatic carbocycles. The molecular weight excluding hydrogens is 268 g/mol. The van der Waals surface area contributed by atoms with Gasteiger partial charge >= 0.3 is 0 Å². The quantitative estimate of drug-likeness (QED) is 0.662. The minimum Gasteiger partial charge on any atom is -0.360 e. The van der Waals surface area contributed by atoms with Gasteiger partial charge < -0.3 is 5.32 Å². The first kappa shape index (κ1) is 14.7. The normalized spacial score (nSPS) is 10.7. The lowest BCUT2D eigenvalue weighted by Crippen LogP contribution is -2.41. The molecule has 0 aliphatic heterocycles. The summed E-state index contributed by atoms with van der Waals surface area (Å²) >= 11 is 10.9. The SMILES string of the molecule is CC(C)NC(=S)NC(=O)C=Cc1ccccc1Cl. The predicted molar refractivity (Wildman–Crippen MR) is 79.5 cm³/mol.